The van der Waals surface area contributed by atoms with Crippen LogP contribution >= 0.6 is 0 Å². The number of hydrogen-bond donors (Lipinski definition) is 1. The minimum Gasteiger partial charge on any atom is -0.371 e. The van der Waals surface area contributed by atoms with Gasteiger partial charge in [-0.05, 0) is 40.7 Å². The average molecular weight is 213 g/mol. The van der Waals surface area contributed by atoms with Crippen LogP contribution in [-0.2, 0) is 9.47 Å². The molecule has 2 fully saturated rings. The maximum absolute atomic E-state index is 6.14. The van der Waals surface area contributed by atoms with Crippen LogP contribution in [0.1, 0.15) is 40.5 Å². The Morgan fingerprint density at radius 3 is 2.47 bits per heavy atom. The molecule has 0 bridgehead atoms. The first kappa shape index (κ1) is 11.4. The van der Waals surface area contributed by atoms with Gasteiger partial charge in [0.15, 0.2) is 0 Å². The van der Waals surface area contributed by atoms with Crippen LogP contribution in [0.5, 0.6) is 0 Å². The van der Waals surface area contributed by atoms with Gasteiger partial charge in [-0.3, -0.25) is 0 Å². The Bertz CT molecular complexity index is 232. The quantitative estimate of drug-likeness (QED) is 0.757. The van der Waals surface area contributed by atoms with Crippen LogP contribution in [0.25, 0.3) is 0 Å². The average Bonchev–Trinajstić information content (AvgIpc) is 2.58. The molecule has 88 valence electrons. The molecule has 0 spiro atoms. The molecule has 3 heteroatoms. The number of ether oxygens (including phenoxy) is 2. The predicted octanol–water partition coefficient (Wildman–Crippen LogP) is 1.71. The van der Waals surface area contributed by atoms with Crippen molar-refractivity contribution in [3.05, 3.63) is 0 Å². The zero-order valence-electron chi connectivity index (χ0n) is 10.3. The normalized spacial score (nSPS) is 38.4. The second-order valence-electron chi connectivity index (χ2n) is 5.91. The third-order valence-electron chi connectivity index (χ3n) is 3.36. The standard InChI is InChI=1S/C12H23NO2/c1-11(2)7-10(12(3,4)15-11)14-9-5-6-13-8-9/h9-10,13H,5-8H2,1-4H3. The van der Waals surface area contributed by atoms with Gasteiger partial charge in [-0.15, -0.1) is 0 Å². The molecule has 0 aliphatic carbocycles. The molecule has 0 aromatic rings. The van der Waals surface area contributed by atoms with E-state index in [4.69, 9.17) is 9.47 Å². The molecule has 0 amide bonds. The summed E-state index contributed by atoms with van der Waals surface area (Å²) in [4.78, 5) is 0. The highest BCUT2D eigenvalue weighted by Crippen LogP contribution is 2.39. The van der Waals surface area contributed by atoms with Gasteiger partial charge >= 0.3 is 0 Å². The van der Waals surface area contributed by atoms with Crippen LogP contribution in [-0.4, -0.2) is 36.5 Å². The van der Waals surface area contributed by atoms with Crippen LogP contribution < -0.4 is 5.32 Å². The molecule has 2 aliphatic rings. The van der Waals surface area contributed by atoms with Gasteiger partial charge in [0.1, 0.15) is 0 Å². The van der Waals surface area contributed by atoms with Crippen LogP contribution in [0.3, 0.4) is 0 Å². The lowest BCUT2D eigenvalue weighted by Gasteiger charge is -2.28. The maximum atomic E-state index is 6.14. The lowest BCUT2D eigenvalue weighted by Crippen LogP contribution is -2.37. The topological polar surface area (TPSA) is 30.5 Å². The van der Waals surface area contributed by atoms with Crippen molar-refractivity contribution in [1.82, 2.24) is 5.32 Å². The van der Waals surface area contributed by atoms with Crippen molar-refractivity contribution in [2.45, 2.75) is 63.9 Å². The van der Waals surface area contributed by atoms with E-state index in [2.05, 4.69) is 33.0 Å². The molecule has 2 rings (SSSR count). The highest BCUT2D eigenvalue weighted by Gasteiger charge is 2.47. The molecular formula is C12H23NO2. The van der Waals surface area contributed by atoms with E-state index >= 15 is 0 Å². The van der Waals surface area contributed by atoms with Crippen LogP contribution in [0.2, 0.25) is 0 Å². The molecule has 15 heavy (non-hydrogen) atoms. The Morgan fingerprint density at radius 2 is 2.00 bits per heavy atom. The molecule has 2 saturated heterocycles. The minimum atomic E-state index is -0.147. The summed E-state index contributed by atoms with van der Waals surface area (Å²) < 4.78 is 12.1. The Kier molecular flexibility index (Phi) is 2.82. The fourth-order valence-corrected chi connectivity index (χ4v) is 2.70. The van der Waals surface area contributed by atoms with Crippen molar-refractivity contribution in [2.24, 2.45) is 0 Å². The summed E-state index contributed by atoms with van der Waals surface area (Å²) in [7, 11) is 0. The van der Waals surface area contributed by atoms with Crippen molar-refractivity contribution in [1.29, 1.82) is 0 Å². The molecular weight excluding hydrogens is 190 g/mol. The van der Waals surface area contributed by atoms with Gasteiger partial charge in [0.25, 0.3) is 0 Å². The lowest BCUT2D eigenvalue weighted by molar-refractivity contribution is -0.115. The number of rotatable bonds is 2. The Morgan fingerprint density at radius 1 is 1.27 bits per heavy atom. The monoisotopic (exact) mass is 213 g/mol. The van der Waals surface area contributed by atoms with Crippen molar-refractivity contribution in [2.75, 3.05) is 13.1 Å². The highest BCUT2D eigenvalue weighted by molar-refractivity contribution is 4.96. The fourth-order valence-electron chi connectivity index (χ4n) is 2.70. The van der Waals surface area contributed by atoms with E-state index < -0.39 is 0 Å². The van der Waals surface area contributed by atoms with E-state index in [1.54, 1.807) is 0 Å². The molecule has 0 aromatic carbocycles. The number of hydrogen-bond acceptors (Lipinski definition) is 3. The van der Waals surface area contributed by atoms with Gasteiger partial charge in [0.2, 0.25) is 0 Å². The molecule has 2 atom stereocenters. The summed E-state index contributed by atoms with van der Waals surface area (Å²) in [5, 5.41) is 3.33. The second kappa shape index (κ2) is 3.72. The summed E-state index contributed by atoms with van der Waals surface area (Å²) in [6.07, 6.45) is 2.74. The molecule has 2 aliphatic heterocycles. The van der Waals surface area contributed by atoms with E-state index in [0.29, 0.717) is 6.10 Å². The van der Waals surface area contributed by atoms with Gasteiger partial charge < -0.3 is 14.8 Å². The molecule has 0 radical (unpaired) electrons. The van der Waals surface area contributed by atoms with Crippen molar-refractivity contribution >= 4 is 0 Å². The van der Waals surface area contributed by atoms with E-state index in [1.165, 1.54) is 0 Å². The van der Waals surface area contributed by atoms with Crippen molar-refractivity contribution in [3.63, 3.8) is 0 Å². The first-order chi connectivity index (χ1) is 6.89. The number of nitrogens with one attached hydrogen (secondary N) is 1. The molecule has 2 unspecified atom stereocenters. The third-order valence-corrected chi connectivity index (χ3v) is 3.36. The zero-order valence-corrected chi connectivity index (χ0v) is 10.3. The Balaban J connectivity index is 1.96. The van der Waals surface area contributed by atoms with Crippen molar-refractivity contribution in [3.8, 4) is 0 Å². The van der Waals surface area contributed by atoms with E-state index in [1.807, 2.05) is 0 Å². The van der Waals surface area contributed by atoms with Gasteiger partial charge in [-0.2, -0.15) is 0 Å². The molecule has 0 aromatic heterocycles. The Labute approximate surface area is 92.5 Å². The summed E-state index contributed by atoms with van der Waals surface area (Å²) >= 11 is 0. The minimum absolute atomic E-state index is 0.0415. The molecule has 2 heterocycles. The van der Waals surface area contributed by atoms with Gasteiger partial charge in [0.05, 0.1) is 23.4 Å². The molecule has 1 N–H and O–H groups in total. The van der Waals surface area contributed by atoms with Crippen LogP contribution in [0.15, 0.2) is 0 Å². The van der Waals surface area contributed by atoms with Crippen molar-refractivity contribution < 1.29 is 9.47 Å². The van der Waals surface area contributed by atoms with Crippen LogP contribution in [0.4, 0.5) is 0 Å². The summed E-state index contributed by atoms with van der Waals surface area (Å²) in [6.45, 7) is 10.6. The molecule has 0 saturated carbocycles. The van der Waals surface area contributed by atoms with E-state index in [0.717, 1.165) is 25.9 Å². The van der Waals surface area contributed by atoms with E-state index in [9.17, 15) is 0 Å². The Hall–Kier alpha value is -0.120. The third kappa shape index (κ3) is 2.52. The van der Waals surface area contributed by atoms with Gasteiger partial charge in [-0.1, -0.05) is 0 Å². The lowest BCUT2D eigenvalue weighted by atomic mass is 9.97. The molecule has 3 nitrogen and oxygen atoms in total. The highest BCUT2D eigenvalue weighted by atomic mass is 16.6. The smallest absolute Gasteiger partial charge is 0.0895 e. The summed E-state index contributed by atoms with van der Waals surface area (Å²) in [6, 6.07) is 0. The maximum Gasteiger partial charge on any atom is 0.0895 e. The van der Waals surface area contributed by atoms with Gasteiger partial charge in [0, 0.05) is 13.0 Å². The van der Waals surface area contributed by atoms with Crippen LogP contribution in [0, 0.1) is 0 Å². The second-order valence-corrected chi connectivity index (χ2v) is 5.91. The first-order valence-electron chi connectivity index (χ1n) is 5.95. The largest absolute Gasteiger partial charge is 0.371 e. The van der Waals surface area contributed by atoms with E-state index in [-0.39, 0.29) is 17.3 Å². The predicted molar refractivity (Wildman–Crippen MR) is 60.0 cm³/mol. The summed E-state index contributed by atoms with van der Waals surface area (Å²) in [5.74, 6) is 0. The first-order valence-corrected chi connectivity index (χ1v) is 5.95. The summed E-state index contributed by atoms with van der Waals surface area (Å²) in [5.41, 5.74) is -0.188. The van der Waals surface area contributed by atoms with Gasteiger partial charge in [-0.25, -0.2) is 0 Å². The zero-order chi connectivity index (χ0) is 11.1. The SMILES string of the molecule is CC1(C)CC(OC2CCNC2)C(C)(C)O1. The fraction of sp³-hybridized carbons (Fsp3) is 1.00.